The maximum Gasteiger partial charge on any atom is 0.0634 e. The number of halogens is 2. The van der Waals surface area contributed by atoms with Crippen molar-refractivity contribution in [3.05, 3.63) is 0 Å². The average molecular weight is 318 g/mol. The van der Waals surface area contributed by atoms with Gasteiger partial charge >= 0.3 is 0 Å². The van der Waals surface area contributed by atoms with E-state index in [1.807, 2.05) is 0 Å². The van der Waals surface area contributed by atoms with Crippen LogP contribution in [0.15, 0.2) is 0 Å². The minimum absolute atomic E-state index is 0. The lowest BCUT2D eigenvalue weighted by atomic mass is 11.6. The summed E-state index contributed by atoms with van der Waals surface area (Å²) in [6.07, 6.45) is 0. The van der Waals surface area contributed by atoms with Crippen molar-refractivity contribution in [2.45, 2.75) is 0 Å². The second-order valence-corrected chi connectivity index (χ2v) is 0. The Kier molecular flexibility index (Phi) is 425. The van der Waals surface area contributed by atoms with Gasteiger partial charge in [0.1, 0.15) is 0 Å². The van der Waals surface area contributed by atoms with E-state index in [1.165, 1.54) is 0 Å². The number of rotatable bonds is 0. The van der Waals surface area contributed by atoms with Crippen molar-refractivity contribution in [2.24, 2.45) is 0 Å². The van der Waals surface area contributed by atoms with E-state index in [4.69, 9.17) is 0 Å². The molecule has 0 rings (SSSR count). The number of hydrogen-bond donors (Lipinski definition) is 2. The van der Waals surface area contributed by atoms with Crippen LogP contribution in [0.4, 0.5) is 0 Å². The molecule has 0 fully saturated rings. The van der Waals surface area contributed by atoms with Crippen LogP contribution < -0.4 is 59.4 Å². The van der Waals surface area contributed by atoms with Crippen LogP contribution in [-0.2, 0) is 0 Å². The molecule has 0 aliphatic carbocycles. The normalized spacial score (nSPS) is 2.00. The molecule has 44 valence electrons. The lowest BCUT2D eigenvalue weighted by molar-refractivity contribution is -0.325. The minimum Gasteiger partial charge on any atom is -1.00 e. The van der Waals surface area contributed by atoms with Gasteiger partial charge < -0.3 is 59.4 Å². The maximum absolute atomic E-state index is 3.25. The molecule has 0 aromatic carbocycles. The van der Waals surface area contributed by atoms with Gasteiger partial charge in [0.15, 0.2) is 0 Å². The van der Waals surface area contributed by atoms with Crippen molar-refractivity contribution in [1.82, 2.24) is 0 Å². The molecule has 0 atom stereocenters. The smallest absolute Gasteiger partial charge is 0.0634 e. The maximum atomic E-state index is 3.25. The third-order valence-electron chi connectivity index (χ3n) is 0. The second-order valence-electron chi connectivity index (χ2n) is 0. The Morgan fingerprint density at radius 3 is 0.667 bits per heavy atom. The van der Waals surface area contributed by atoms with Gasteiger partial charge in [-0.2, -0.15) is 0 Å². The summed E-state index contributed by atoms with van der Waals surface area (Å²) in [4.78, 5) is 0. The fraction of sp³-hybridized carbons (Fsp3) is 1.00. The van der Waals surface area contributed by atoms with Crippen LogP contribution in [-0.4, -0.2) is 14.1 Å². The van der Waals surface area contributed by atoms with Crippen LogP contribution in [0, 0.1) is 0 Å². The molecule has 0 saturated heterocycles. The van der Waals surface area contributed by atoms with Gasteiger partial charge in [0.05, 0.1) is 14.1 Å². The third kappa shape index (κ3) is 54.2. The standard InChI is InChI=1S/2CH5N.2HI/c2*1-2;;/h2*2H2,1H3;2*1H. The summed E-state index contributed by atoms with van der Waals surface area (Å²) in [5.74, 6) is 0. The molecule has 0 aliphatic rings. The lowest BCUT2D eigenvalue weighted by Crippen LogP contribution is -3.00. The highest BCUT2D eigenvalue weighted by atomic mass is 127. The van der Waals surface area contributed by atoms with Crippen molar-refractivity contribution in [1.29, 1.82) is 0 Å². The monoisotopic (exact) mass is 318 g/mol. The molecular weight excluding hydrogens is 306 g/mol. The van der Waals surface area contributed by atoms with Crippen LogP contribution in [0.3, 0.4) is 0 Å². The first kappa shape index (κ1) is 26.3. The minimum atomic E-state index is 0. The quantitative estimate of drug-likeness (QED) is 0.417. The average Bonchev–Trinajstić information content (AvgIpc) is 1.50. The van der Waals surface area contributed by atoms with E-state index in [1.54, 1.807) is 14.1 Å². The van der Waals surface area contributed by atoms with Gasteiger partial charge in [-0.05, 0) is 0 Å². The van der Waals surface area contributed by atoms with E-state index in [9.17, 15) is 0 Å². The molecule has 0 spiro atoms. The van der Waals surface area contributed by atoms with E-state index in [-0.39, 0.29) is 48.0 Å². The van der Waals surface area contributed by atoms with Gasteiger partial charge in [-0.15, -0.1) is 0 Å². The predicted molar refractivity (Wildman–Crippen MR) is 17.6 cm³/mol. The van der Waals surface area contributed by atoms with E-state index < -0.39 is 0 Å². The zero-order valence-electron chi connectivity index (χ0n) is 4.17. The molecule has 0 amide bonds. The van der Waals surface area contributed by atoms with Crippen molar-refractivity contribution < 1.29 is 59.4 Å². The molecule has 0 unspecified atom stereocenters. The summed E-state index contributed by atoms with van der Waals surface area (Å²) >= 11 is 0. The van der Waals surface area contributed by atoms with E-state index >= 15 is 0 Å². The Labute approximate surface area is 73.1 Å². The molecular formula is C2H12I2N2. The van der Waals surface area contributed by atoms with Gasteiger partial charge in [-0.25, -0.2) is 0 Å². The molecule has 0 heterocycles. The first-order valence-electron chi connectivity index (χ1n) is 1.41. The van der Waals surface area contributed by atoms with Crippen LogP contribution in [0.2, 0.25) is 0 Å². The second kappa shape index (κ2) is 97.0. The number of quaternary nitrogens is 2. The predicted octanol–water partition coefficient (Wildman–Crippen LogP) is -8.28. The first-order chi connectivity index (χ1) is 2.00. The first-order valence-corrected chi connectivity index (χ1v) is 1.41. The van der Waals surface area contributed by atoms with Gasteiger partial charge in [0.2, 0.25) is 0 Å². The summed E-state index contributed by atoms with van der Waals surface area (Å²) in [6.45, 7) is 0. The molecule has 6 heavy (non-hydrogen) atoms. The largest absolute Gasteiger partial charge is 1.00 e. The van der Waals surface area contributed by atoms with Crippen molar-refractivity contribution in [3.8, 4) is 0 Å². The Hall–Kier alpha value is 1.38. The Morgan fingerprint density at radius 2 is 0.667 bits per heavy atom. The summed E-state index contributed by atoms with van der Waals surface area (Å²) < 4.78 is 0. The van der Waals surface area contributed by atoms with Crippen LogP contribution in [0.25, 0.3) is 0 Å². The third-order valence-corrected chi connectivity index (χ3v) is 0. The fourth-order valence-corrected chi connectivity index (χ4v) is 0. The summed E-state index contributed by atoms with van der Waals surface area (Å²) in [7, 11) is 3.50. The summed E-state index contributed by atoms with van der Waals surface area (Å²) in [6, 6.07) is 0. The SMILES string of the molecule is C[NH3+].C[NH3+].[I-].[I-]. The topological polar surface area (TPSA) is 55.3 Å². The Balaban J connectivity index is -0.00000000500. The molecule has 0 aromatic rings. The van der Waals surface area contributed by atoms with Gasteiger partial charge in [0, 0.05) is 0 Å². The Bertz CT molecular complexity index is 9.51. The molecule has 0 aliphatic heterocycles. The Morgan fingerprint density at radius 1 is 0.667 bits per heavy atom. The molecule has 6 N–H and O–H groups in total. The van der Waals surface area contributed by atoms with E-state index in [0.717, 1.165) is 0 Å². The summed E-state index contributed by atoms with van der Waals surface area (Å²) in [5, 5.41) is 0. The molecule has 0 bridgehead atoms. The van der Waals surface area contributed by atoms with Gasteiger partial charge in [-0.1, -0.05) is 0 Å². The van der Waals surface area contributed by atoms with Gasteiger partial charge in [-0.3, -0.25) is 0 Å². The van der Waals surface area contributed by atoms with Gasteiger partial charge in [0.25, 0.3) is 0 Å². The van der Waals surface area contributed by atoms with Crippen molar-refractivity contribution in [3.63, 3.8) is 0 Å². The molecule has 2 nitrogen and oxygen atoms in total. The highest BCUT2D eigenvalue weighted by molar-refractivity contribution is 3.08. The van der Waals surface area contributed by atoms with E-state index in [0.29, 0.717) is 0 Å². The molecule has 0 saturated carbocycles. The summed E-state index contributed by atoms with van der Waals surface area (Å²) in [5.41, 5.74) is 6.50. The van der Waals surface area contributed by atoms with Crippen molar-refractivity contribution >= 4 is 0 Å². The van der Waals surface area contributed by atoms with Crippen LogP contribution in [0.1, 0.15) is 0 Å². The zero-order valence-corrected chi connectivity index (χ0v) is 8.49. The highest BCUT2D eigenvalue weighted by Crippen LogP contribution is 0.253. The molecule has 0 radical (unpaired) electrons. The molecule has 0 aromatic heterocycles. The number of hydrogen-bond acceptors (Lipinski definition) is 0. The van der Waals surface area contributed by atoms with Crippen molar-refractivity contribution in [2.75, 3.05) is 14.1 Å². The van der Waals surface area contributed by atoms with Crippen LogP contribution in [0.5, 0.6) is 0 Å². The van der Waals surface area contributed by atoms with E-state index in [2.05, 4.69) is 11.5 Å². The fourth-order valence-electron chi connectivity index (χ4n) is 0. The highest BCUT2D eigenvalue weighted by Gasteiger charge is 0.876. The lowest BCUT2D eigenvalue weighted by Gasteiger charge is -1.17. The van der Waals surface area contributed by atoms with Crippen LogP contribution >= 0.6 is 0 Å². The molecule has 4 heteroatoms. The zero-order chi connectivity index (χ0) is 4.00.